The molecule has 1 saturated carbocycles. The van der Waals surface area contributed by atoms with Crippen molar-refractivity contribution >= 4 is 44.1 Å². The molecule has 9 heteroatoms. The lowest BCUT2D eigenvalue weighted by molar-refractivity contribution is -0.140. The maximum atomic E-state index is 13.3. The summed E-state index contributed by atoms with van der Waals surface area (Å²) in [6.07, 6.45) is -1.53. The molecule has 4 aromatic rings. The predicted octanol–water partition coefficient (Wildman–Crippen LogP) is 6.02. The zero-order chi connectivity index (χ0) is 23.0. The van der Waals surface area contributed by atoms with Crippen LogP contribution in [0.5, 0.6) is 0 Å². The van der Waals surface area contributed by atoms with Gasteiger partial charge in [-0.15, -0.1) is 11.3 Å². The largest absolute Gasteiger partial charge is 0.433 e. The van der Waals surface area contributed by atoms with E-state index in [1.165, 1.54) is 11.3 Å². The molecule has 1 aliphatic rings. The predicted molar refractivity (Wildman–Crippen MR) is 123 cm³/mol. The number of carbonyl (C=O) groups is 1. The SMILES string of the molecule is O=C(N[C@H]1CC[C@@H](Nc2cc(C(F)(F)F)nc3ccccc23)CC1)c1ccc2scnc2c1. The van der Waals surface area contributed by atoms with Crippen molar-refractivity contribution in [2.45, 2.75) is 43.9 Å². The van der Waals surface area contributed by atoms with Gasteiger partial charge in [0, 0.05) is 28.7 Å². The number of hydrogen-bond donors (Lipinski definition) is 2. The van der Waals surface area contributed by atoms with E-state index in [0.29, 0.717) is 22.2 Å². The maximum absolute atomic E-state index is 13.3. The Balaban J connectivity index is 1.24. The molecular weight excluding hydrogens is 449 g/mol. The van der Waals surface area contributed by atoms with Crippen LogP contribution in [0.1, 0.15) is 41.7 Å². The molecule has 5 rings (SSSR count). The second-order valence-electron chi connectivity index (χ2n) is 8.27. The van der Waals surface area contributed by atoms with Crippen molar-refractivity contribution in [1.29, 1.82) is 0 Å². The topological polar surface area (TPSA) is 66.9 Å². The summed E-state index contributed by atoms with van der Waals surface area (Å²) >= 11 is 1.53. The van der Waals surface area contributed by atoms with E-state index in [-0.39, 0.29) is 18.0 Å². The molecule has 0 aliphatic heterocycles. The first-order valence-corrected chi connectivity index (χ1v) is 11.6. The zero-order valence-electron chi connectivity index (χ0n) is 17.5. The molecule has 1 amide bonds. The summed E-state index contributed by atoms with van der Waals surface area (Å²) in [6.45, 7) is 0. The highest BCUT2D eigenvalue weighted by molar-refractivity contribution is 7.16. The second kappa shape index (κ2) is 8.62. The minimum absolute atomic E-state index is 0.0244. The number of nitrogens with one attached hydrogen (secondary N) is 2. The summed E-state index contributed by atoms with van der Waals surface area (Å²) in [5.74, 6) is -0.128. The van der Waals surface area contributed by atoms with Crippen LogP contribution in [0.25, 0.3) is 21.1 Å². The molecule has 1 fully saturated rings. The number of benzene rings is 2. The number of fused-ring (bicyclic) bond motifs is 2. The first-order valence-electron chi connectivity index (χ1n) is 10.7. The van der Waals surface area contributed by atoms with Gasteiger partial charge in [-0.1, -0.05) is 18.2 Å². The Morgan fingerprint density at radius 3 is 2.52 bits per heavy atom. The number of amides is 1. The number of thiazole rings is 1. The minimum Gasteiger partial charge on any atom is -0.382 e. The van der Waals surface area contributed by atoms with Crippen molar-refractivity contribution < 1.29 is 18.0 Å². The van der Waals surface area contributed by atoms with Crippen molar-refractivity contribution in [3.63, 3.8) is 0 Å². The van der Waals surface area contributed by atoms with E-state index in [9.17, 15) is 18.0 Å². The van der Waals surface area contributed by atoms with E-state index in [1.54, 1.807) is 41.9 Å². The molecule has 0 bridgehead atoms. The van der Waals surface area contributed by atoms with Gasteiger partial charge in [0.2, 0.25) is 0 Å². The molecule has 2 aromatic carbocycles. The minimum atomic E-state index is -4.51. The fourth-order valence-corrected chi connectivity index (χ4v) is 4.97. The third-order valence-electron chi connectivity index (χ3n) is 6.02. The van der Waals surface area contributed by atoms with Crippen LogP contribution in [0.3, 0.4) is 0 Å². The van der Waals surface area contributed by atoms with Crippen LogP contribution in [0.15, 0.2) is 54.0 Å². The Bertz CT molecular complexity index is 1310. The highest BCUT2D eigenvalue weighted by Gasteiger charge is 2.34. The van der Waals surface area contributed by atoms with E-state index in [4.69, 9.17) is 0 Å². The normalized spacial score (nSPS) is 19.0. The number of hydrogen-bond acceptors (Lipinski definition) is 5. The van der Waals surface area contributed by atoms with Gasteiger partial charge in [-0.2, -0.15) is 13.2 Å². The highest BCUT2D eigenvalue weighted by atomic mass is 32.1. The van der Waals surface area contributed by atoms with Crippen LogP contribution in [0.2, 0.25) is 0 Å². The number of alkyl halides is 3. The van der Waals surface area contributed by atoms with Gasteiger partial charge in [-0.25, -0.2) is 9.97 Å². The van der Waals surface area contributed by atoms with E-state index < -0.39 is 11.9 Å². The van der Waals surface area contributed by atoms with Crippen molar-refractivity contribution in [3.05, 3.63) is 65.3 Å². The summed E-state index contributed by atoms with van der Waals surface area (Å²) in [5, 5.41) is 7.05. The molecule has 0 atom stereocenters. The monoisotopic (exact) mass is 470 g/mol. The van der Waals surface area contributed by atoms with Crippen LogP contribution in [0, 0.1) is 0 Å². The van der Waals surface area contributed by atoms with Gasteiger partial charge in [-0.05, 0) is 56.0 Å². The van der Waals surface area contributed by atoms with Gasteiger partial charge >= 0.3 is 6.18 Å². The first kappa shape index (κ1) is 21.6. The lowest BCUT2D eigenvalue weighted by atomic mass is 9.90. The molecule has 0 saturated heterocycles. The Hall–Kier alpha value is -3.20. The molecule has 2 heterocycles. The number of pyridine rings is 1. The van der Waals surface area contributed by atoms with E-state index >= 15 is 0 Å². The molecule has 5 nitrogen and oxygen atoms in total. The summed E-state index contributed by atoms with van der Waals surface area (Å²) < 4.78 is 41.0. The average molecular weight is 471 g/mol. The van der Waals surface area contributed by atoms with E-state index in [0.717, 1.165) is 42.0 Å². The number of para-hydroxylation sites is 1. The molecule has 0 unspecified atom stereocenters. The Labute approximate surface area is 192 Å². The van der Waals surface area contributed by atoms with Crippen LogP contribution in [-0.4, -0.2) is 28.0 Å². The highest BCUT2D eigenvalue weighted by Crippen LogP contribution is 2.34. The van der Waals surface area contributed by atoms with Gasteiger partial charge < -0.3 is 10.6 Å². The molecule has 170 valence electrons. The van der Waals surface area contributed by atoms with Crippen LogP contribution in [0.4, 0.5) is 18.9 Å². The van der Waals surface area contributed by atoms with Gasteiger partial charge in [0.05, 0.1) is 21.2 Å². The van der Waals surface area contributed by atoms with Crippen molar-refractivity contribution in [2.75, 3.05) is 5.32 Å². The van der Waals surface area contributed by atoms with Crippen LogP contribution in [-0.2, 0) is 6.18 Å². The van der Waals surface area contributed by atoms with Crippen molar-refractivity contribution in [3.8, 4) is 0 Å². The van der Waals surface area contributed by atoms with Gasteiger partial charge in [0.1, 0.15) is 5.69 Å². The number of rotatable bonds is 4. The molecular formula is C24H21F3N4OS. The number of halogens is 3. The zero-order valence-corrected chi connectivity index (χ0v) is 18.3. The quantitative estimate of drug-likeness (QED) is 0.383. The second-order valence-corrected chi connectivity index (χ2v) is 9.16. The maximum Gasteiger partial charge on any atom is 0.433 e. The third-order valence-corrected chi connectivity index (χ3v) is 6.83. The Morgan fingerprint density at radius 2 is 1.73 bits per heavy atom. The number of aromatic nitrogens is 2. The summed E-state index contributed by atoms with van der Waals surface area (Å²) in [6, 6.07) is 13.5. The van der Waals surface area contributed by atoms with Gasteiger partial charge in [0.25, 0.3) is 5.91 Å². The first-order chi connectivity index (χ1) is 15.9. The molecule has 0 spiro atoms. The van der Waals surface area contributed by atoms with Gasteiger partial charge in [0.15, 0.2) is 0 Å². The van der Waals surface area contributed by atoms with Gasteiger partial charge in [-0.3, -0.25) is 4.79 Å². The Kier molecular flexibility index (Phi) is 5.65. The summed E-state index contributed by atoms with van der Waals surface area (Å²) in [4.78, 5) is 20.7. The van der Waals surface area contributed by atoms with Crippen LogP contribution >= 0.6 is 11.3 Å². The lowest BCUT2D eigenvalue weighted by Crippen LogP contribution is -2.40. The molecule has 2 N–H and O–H groups in total. The molecule has 2 aromatic heterocycles. The molecule has 0 radical (unpaired) electrons. The standard InChI is InChI=1S/C24H21F3N4OS/c25-24(26,27)22-12-19(17-3-1-2-4-18(17)31-22)29-15-6-8-16(9-7-15)30-23(32)14-5-10-21-20(11-14)28-13-33-21/h1-5,10-13,15-16H,6-9H2,(H,29,31)(H,30,32)/t15-,16+. The summed E-state index contributed by atoms with van der Waals surface area (Å²) in [7, 11) is 0. The van der Waals surface area contributed by atoms with Crippen molar-refractivity contribution in [2.24, 2.45) is 0 Å². The third kappa shape index (κ3) is 4.64. The Morgan fingerprint density at radius 1 is 0.970 bits per heavy atom. The number of nitrogens with zero attached hydrogens (tertiary/aromatic N) is 2. The van der Waals surface area contributed by atoms with E-state index in [2.05, 4.69) is 20.6 Å². The van der Waals surface area contributed by atoms with E-state index in [1.807, 2.05) is 6.07 Å². The fourth-order valence-electron chi connectivity index (χ4n) is 4.31. The van der Waals surface area contributed by atoms with Crippen LogP contribution < -0.4 is 10.6 Å². The summed E-state index contributed by atoms with van der Waals surface area (Å²) in [5.41, 5.74) is 3.00. The average Bonchev–Trinajstić information content (AvgIpc) is 3.27. The lowest BCUT2D eigenvalue weighted by Gasteiger charge is -2.30. The molecule has 1 aliphatic carbocycles. The number of anilines is 1. The smallest absolute Gasteiger partial charge is 0.382 e. The van der Waals surface area contributed by atoms with Crippen molar-refractivity contribution in [1.82, 2.24) is 15.3 Å². The fraction of sp³-hybridized carbons (Fsp3) is 0.292. The number of carbonyl (C=O) groups excluding carboxylic acids is 1. The molecule has 33 heavy (non-hydrogen) atoms.